The molecule has 0 unspecified atom stereocenters. The second-order valence-corrected chi connectivity index (χ2v) is 5.35. The van der Waals surface area contributed by atoms with Crippen molar-refractivity contribution < 1.29 is 13.5 Å². The maximum atomic E-state index is 13.2. The van der Waals surface area contributed by atoms with Gasteiger partial charge in [-0.2, -0.15) is 0 Å². The van der Waals surface area contributed by atoms with Gasteiger partial charge < -0.3 is 14.5 Å². The topological polar surface area (TPSA) is 34.4 Å². The highest BCUT2D eigenvalue weighted by atomic mass is 79.9. The third kappa shape index (κ3) is 4.65. The highest BCUT2D eigenvalue weighted by Crippen LogP contribution is 2.21. The molecule has 2 aromatic rings. The molecule has 0 bridgehead atoms. The van der Waals surface area contributed by atoms with E-state index in [0.717, 1.165) is 24.5 Å². The van der Waals surface area contributed by atoms with Gasteiger partial charge in [-0.3, -0.25) is 0 Å². The molecule has 3 nitrogen and oxygen atoms in total. The fourth-order valence-corrected chi connectivity index (χ4v) is 2.19. The van der Waals surface area contributed by atoms with E-state index < -0.39 is 0 Å². The van der Waals surface area contributed by atoms with E-state index in [1.807, 2.05) is 12.1 Å². The summed E-state index contributed by atoms with van der Waals surface area (Å²) < 4.78 is 25.0. The summed E-state index contributed by atoms with van der Waals surface area (Å²) in [7, 11) is 0. The zero-order chi connectivity index (χ0) is 14.4. The van der Waals surface area contributed by atoms with E-state index in [2.05, 4.69) is 28.2 Å². The van der Waals surface area contributed by atoms with Gasteiger partial charge in [0.25, 0.3) is 0 Å². The van der Waals surface area contributed by atoms with Crippen molar-refractivity contribution in [2.24, 2.45) is 0 Å². The van der Waals surface area contributed by atoms with Crippen molar-refractivity contribution in [1.29, 1.82) is 0 Å². The van der Waals surface area contributed by atoms with Gasteiger partial charge in [-0.05, 0) is 37.2 Å². The van der Waals surface area contributed by atoms with Gasteiger partial charge in [0.15, 0.2) is 0 Å². The van der Waals surface area contributed by atoms with E-state index in [1.54, 1.807) is 6.07 Å². The lowest BCUT2D eigenvalue weighted by atomic mass is 10.3. The number of rotatable bonds is 7. The second-order valence-electron chi connectivity index (χ2n) is 4.44. The first-order valence-electron chi connectivity index (χ1n) is 6.54. The molecule has 0 fully saturated rings. The van der Waals surface area contributed by atoms with Gasteiger partial charge >= 0.3 is 0 Å². The molecular formula is C15H17BrFNO2. The normalized spacial score (nSPS) is 10.8. The van der Waals surface area contributed by atoms with Crippen LogP contribution in [0.5, 0.6) is 5.75 Å². The maximum absolute atomic E-state index is 13.2. The number of halogens is 2. The molecule has 1 aromatic carbocycles. The lowest BCUT2D eigenvalue weighted by Crippen LogP contribution is -2.13. The van der Waals surface area contributed by atoms with Crippen LogP contribution in [0.3, 0.4) is 0 Å². The summed E-state index contributed by atoms with van der Waals surface area (Å²) >= 11 is 3.23. The third-order valence-corrected chi connectivity index (χ3v) is 3.12. The Morgan fingerprint density at radius 1 is 1.25 bits per heavy atom. The maximum Gasteiger partial charge on any atom is 0.146 e. The molecular weight excluding hydrogens is 325 g/mol. The Labute approximate surface area is 126 Å². The highest BCUT2D eigenvalue weighted by Gasteiger charge is 2.04. The van der Waals surface area contributed by atoms with Gasteiger partial charge in [-0.1, -0.05) is 22.9 Å². The quantitative estimate of drug-likeness (QED) is 0.764. The van der Waals surface area contributed by atoms with Crippen LogP contribution in [-0.4, -0.2) is 6.54 Å². The van der Waals surface area contributed by atoms with Crippen LogP contribution >= 0.6 is 15.9 Å². The summed E-state index contributed by atoms with van der Waals surface area (Å²) in [5, 5.41) is 3.26. The molecule has 0 spiro atoms. The van der Waals surface area contributed by atoms with Crippen LogP contribution in [0.2, 0.25) is 0 Å². The van der Waals surface area contributed by atoms with Crippen LogP contribution in [0.4, 0.5) is 4.39 Å². The second kappa shape index (κ2) is 7.45. The highest BCUT2D eigenvalue weighted by molar-refractivity contribution is 9.10. The van der Waals surface area contributed by atoms with Gasteiger partial charge in [0.05, 0.1) is 6.54 Å². The minimum atomic E-state index is -0.335. The van der Waals surface area contributed by atoms with Crippen molar-refractivity contribution >= 4 is 15.9 Å². The minimum absolute atomic E-state index is 0.281. The molecule has 1 N–H and O–H groups in total. The molecule has 2 rings (SSSR count). The van der Waals surface area contributed by atoms with Crippen LogP contribution in [0, 0.1) is 5.82 Å². The number of nitrogens with one attached hydrogen (secondary N) is 1. The SMILES string of the molecule is CCCNCc1ccc(COc2cc(F)cc(Br)c2)o1. The van der Waals surface area contributed by atoms with E-state index in [1.165, 1.54) is 12.1 Å². The first-order chi connectivity index (χ1) is 9.67. The Bertz CT molecular complexity index is 536. The monoisotopic (exact) mass is 341 g/mol. The smallest absolute Gasteiger partial charge is 0.146 e. The van der Waals surface area contributed by atoms with Crippen molar-refractivity contribution in [1.82, 2.24) is 5.32 Å². The molecule has 0 saturated heterocycles. The molecule has 5 heteroatoms. The van der Waals surface area contributed by atoms with E-state index in [9.17, 15) is 4.39 Å². The summed E-state index contributed by atoms with van der Waals surface area (Å²) in [6.45, 7) is 4.07. The molecule has 0 radical (unpaired) electrons. The molecule has 0 aliphatic heterocycles. The summed E-state index contributed by atoms with van der Waals surface area (Å²) in [6, 6.07) is 8.24. The van der Waals surface area contributed by atoms with Crippen LogP contribution in [0.15, 0.2) is 39.2 Å². The van der Waals surface area contributed by atoms with Crippen LogP contribution < -0.4 is 10.1 Å². The van der Waals surface area contributed by atoms with Gasteiger partial charge in [0, 0.05) is 10.5 Å². The summed E-state index contributed by atoms with van der Waals surface area (Å²) in [5.41, 5.74) is 0. The molecule has 108 valence electrons. The number of benzene rings is 1. The van der Waals surface area contributed by atoms with Crippen molar-refractivity contribution in [3.05, 3.63) is 52.1 Å². The largest absolute Gasteiger partial charge is 0.486 e. The van der Waals surface area contributed by atoms with Crippen molar-refractivity contribution in [3.63, 3.8) is 0 Å². The predicted octanol–water partition coefficient (Wildman–Crippen LogP) is 4.26. The summed E-state index contributed by atoms with van der Waals surface area (Å²) in [5.74, 6) is 1.73. The molecule has 1 heterocycles. The standard InChI is InChI=1S/C15H17BrFNO2/c1-2-5-18-9-13-3-4-14(20-13)10-19-15-7-11(16)6-12(17)8-15/h3-4,6-8,18H,2,5,9-10H2,1H3. The zero-order valence-corrected chi connectivity index (χ0v) is 12.9. The average Bonchev–Trinajstić information content (AvgIpc) is 2.84. The number of furan rings is 1. The van der Waals surface area contributed by atoms with Crippen LogP contribution in [-0.2, 0) is 13.2 Å². The predicted molar refractivity (Wildman–Crippen MR) is 79.1 cm³/mol. The van der Waals surface area contributed by atoms with Crippen molar-refractivity contribution in [2.75, 3.05) is 6.54 Å². The van der Waals surface area contributed by atoms with E-state index in [-0.39, 0.29) is 12.4 Å². The summed E-state index contributed by atoms with van der Waals surface area (Å²) in [4.78, 5) is 0. The first-order valence-corrected chi connectivity index (χ1v) is 7.34. The average molecular weight is 342 g/mol. The lowest BCUT2D eigenvalue weighted by molar-refractivity contribution is 0.264. The number of hydrogen-bond acceptors (Lipinski definition) is 3. The van der Waals surface area contributed by atoms with Gasteiger partial charge in [-0.15, -0.1) is 0 Å². The molecule has 0 aliphatic rings. The van der Waals surface area contributed by atoms with Gasteiger partial charge in [0.1, 0.15) is 29.7 Å². The van der Waals surface area contributed by atoms with Crippen LogP contribution in [0.1, 0.15) is 24.9 Å². The van der Waals surface area contributed by atoms with Gasteiger partial charge in [0.2, 0.25) is 0 Å². The Hall–Kier alpha value is -1.33. The molecule has 0 amide bonds. The zero-order valence-electron chi connectivity index (χ0n) is 11.3. The van der Waals surface area contributed by atoms with E-state index in [0.29, 0.717) is 16.8 Å². The Morgan fingerprint density at radius 2 is 2.05 bits per heavy atom. The van der Waals surface area contributed by atoms with Gasteiger partial charge in [-0.25, -0.2) is 4.39 Å². The third-order valence-electron chi connectivity index (χ3n) is 2.66. The van der Waals surface area contributed by atoms with E-state index in [4.69, 9.17) is 9.15 Å². The molecule has 1 aromatic heterocycles. The lowest BCUT2D eigenvalue weighted by Gasteiger charge is -2.05. The fourth-order valence-electron chi connectivity index (χ4n) is 1.75. The Balaban J connectivity index is 1.87. The van der Waals surface area contributed by atoms with E-state index >= 15 is 0 Å². The molecule has 0 saturated carbocycles. The summed E-state index contributed by atoms with van der Waals surface area (Å²) in [6.07, 6.45) is 1.09. The first kappa shape index (κ1) is 15.1. The van der Waals surface area contributed by atoms with Crippen molar-refractivity contribution in [3.8, 4) is 5.75 Å². The molecule has 0 aliphatic carbocycles. The Kier molecular flexibility index (Phi) is 5.61. The molecule has 0 atom stereocenters. The van der Waals surface area contributed by atoms with Crippen molar-refractivity contribution in [2.45, 2.75) is 26.5 Å². The Morgan fingerprint density at radius 3 is 2.80 bits per heavy atom. The number of hydrogen-bond donors (Lipinski definition) is 1. The number of ether oxygens (including phenoxy) is 1. The fraction of sp³-hybridized carbons (Fsp3) is 0.333. The molecule has 20 heavy (non-hydrogen) atoms. The van der Waals surface area contributed by atoms with Crippen LogP contribution in [0.25, 0.3) is 0 Å². The minimum Gasteiger partial charge on any atom is -0.486 e.